The van der Waals surface area contributed by atoms with Gasteiger partial charge in [-0.05, 0) is 19.1 Å². The molecule has 0 saturated carbocycles. The first-order chi connectivity index (χ1) is 9.88. The van der Waals surface area contributed by atoms with E-state index in [4.69, 9.17) is 19.9 Å². The minimum atomic E-state index is -1.18. The lowest BCUT2D eigenvalue weighted by Crippen LogP contribution is -2.42. The molecule has 0 radical (unpaired) electrons. The zero-order valence-electron chi connectivity index (χ0n) is 11.8. The fourth-order valence-corrected chi connectivity index (χ4v) is 1.47. The Morgan fingerprint density at radius 3 is 2.38 bits per heavy atom. The Balaban J connectivity index is 2.84. The molecule has 1 rings (SSSR count). The van der Waals surface area contributed by atoms with E-state index in [2.05, 4.69) is 0 Å². The van der Waals surface area contributed by atoms with Crippen LogP contribution in [0.2, 0.25) is 0 Å². The molecule has 0 bridgehead atoms. The van der Waals surface area contributed by atoms with Crippen LogP contribution >= 0.6 is 0 Å². The van der Waals surface area contributed by atoms with E-state index >= 15 is 0 Å². The first-order valence-electron chi connectivity index (χ1n) is 5.92. The number of primary amides is 1. The second-order valence-electron chi connectivity index (χ2n) is 3.97. The molecule has 0 saturated heterocycles. The van der Waals surface area contributed by atoms with Crippen molar-refractivity contribution in [2.24, 2.45) is 5.73 Å². The van der Waals surface area contributed by atoms with Gasteiger partial charge in [-0.1, -0.05) is 0 Å². The predicted octanol–water partition coefficient (Wildman–Crippen LogP) is 0.444. The summed E-state index contributed by atoms with van der Waals surface area (Å²) in [4.78, 5) is 34.0. The van der Waals surface area contributed by atoms with Gasteiger partial charge in [-0.3, -0.25) is 10.1 Å². The lowest BCUT2D eigenvalue weighted by atomic mass is 10.2. The van der Waals surface area contributed by atoms with E-state index in [1.807, 2.05) is 5.32 Å². The van der Waals surface area contributed by atoms with E-state index in [-0.39, 0.29) is 11.3 Å². The Hall–Kier alpha value is -2.77. The molecule has 21 heavy (non-hydrogen) atoms. The first kappa shape index (κ1) is 16.3. The molecule has 1 atom stereocenters. The van der Waals surface area contributed by atoms with Crippen molar-refractivity contribution in [3.05, 3.63) is 23.8 Å². The maximum Gasteiger partial charge on any atom is 0.342 e. The Bertz CT molecular complexity index is 558. The normalized spacial score (nSPS) is 11.2. The van der Waals surface area contributed by atoms with Crippen LogP contribution in [-0.2, 0) is 9.53 Å². The summed E-state index contributed by atoms with van der Waals surface area (Å²) in [6, 6.07) is 3.47. The van der Waals surface area contributed by atoms with Gasteiger partial charge in [-0.2, -0.15) is 0 Å². The van der Waals surface area contributed by atoms with E-state index in [1.165, 1.54) is 33.3 Å². The van der Waals surface area contributed by atoms with Gasteiger partial charge in [0.25, 0.3) is 5.91 Å². The summed E-state index contributed by atoms with van der Waals surface area (Å²) in [5.74, 6) is -0.852. The lowest BCUT2D eigenvalue weighted by Gasteiger charge is -2.14. The summed E-state index contributed by atoms with van der Waals surface area (Å²) in [6.07, 6.45) is -1.18. The molecule has 3 N–H and O–H groups in total. The standard InChI is InChI=1S/C13H16N2O6/c1-7(11(16)15-13(14)18)21-12(17)9-5-4-8(19-2)6-10(9)20-3/h4-7H,1-3H3,(H3,14,15,16,18). The van der Waals surface area contributed by atoms with Gasteiger partial charge in [0.05, 0.1) is 14.2 Å². The average Bonchev–Trinajstić information content (AvgIpc) is 2.45. The molecule has 8 nitrogen and oxygen atoms in total. The third-order valence-electron chi connectivity index (χ3n) is 2.53. The summed E-state index contributed by atoms with van der Waals surface area (Å²) < 4.78 is 15.0. The van der Waals surface area contributed by atoms with Gasteiger partial charge in [0, 0.05) is 6.07 Å². The van der Waals surface area contributed by atoms with E-state index in [0.29, 0.717) is 5.75 Å². The van der Waals surface area contributed by atoms with Gasteiger partial charge < -0.3 is 19.9 Å². The van der Waals surface area contributed by atoms with E-state index in [9.17, 15) is 14.4 Å². The van der Waals surface area contributed by atoms with Crippen LogP contribution in [0, 0.1) is 0 Å². The Labute approximate surface area is 121 Å². The van der Waals surface area contributed by atoms with E-state index < -0.39 is 24.0 Å². The minimum Gasteiger partial charge on any atom is -0.497 e. The first-order valence-corrected chi connectivity index (χ1v) is 5.92. The van der Waals surface area contributed by atoms with Gasteiger partial charge in [0.15, 0.2) is 6.10 Å². The van der Waals surface area contributed by atoms with Gasteiger partial charge in [0.1, 0.15) is 17.1 Å². The minimum absolute atomic E-state index is 0.122. The number of amides is 3. The molecule has 8 heteroatoms. The van der Waals surface area contributed by atoms with Crippen molar-refractivity contribution in [2.45, 2.75) is 13.0 Å². The predicted molar refractivity (Wildman–Crippen MR) is 72.1 cm³/mol. The highest BCUT2D eigenvalue weighted by Gasteiger charge is 2.22. The number of methoxy groups -OCH3 is 2. The van der Waals surface area contributed by atoms with Gasteiger partial charge in [0.2, 0.25) is 0 Å². The molecule has 1 unspecified atom stereocenters. The van der Waals surface area contributed by atoms with Gasteiger partial charge >= 0.3 is 12.0 Å². The fraction of sp³-hybridized carbons (Fsp3) is 0.308. The molecule has 1 aromatic rings. The quantitative estimate of drug-likeness (QED) is 0.762. The number of hydrogen-bond acceptors (Lipinski definition) is 6. The van der Waals surface area contributed by atoms with Crippen molar-refractivity contribution in [1.29, 1.82) is 0 Å². The number of hydrogen-bond donors (Lipinski definition) is 2. The molecule has 0 fully saturated rings. The van der Waals surface area contributed by atoms with Crippen molar-refractivity contribution in [2.75, 3.05) is 14.2 Å². The second kappa shape index (κ2) is 7.13. The van der Waals surface area contributed by atoms with Crippen LogP contribution in [0.5, 0.6) is 11.5 Å². The molecule has 0 spiro atoms. The van der Waals surface area contributed by atoms with E-state index in [1.54, 1.807) is 6.07 Å². The number of nitrogens with one attached hydrogen (secondary N) is 1. The van der Waals surface area contributed by atoms with Crippen LogP contribution in [0.3, 0.4) is 0 Å². The fourth-order valence-electron chi connectivity index (χ4n) is 1.47. The Morgan fingerprint density at radius 1 is 1.19 bits per heavy atom. The van der Waals surface area contributed by atoms with E-state index in [0.717, 1.165) is 0 Å². The average molecular weight is 296 g/mol. The van der Waals surface area contributed by atoms with Crippen LogP contribution in [0.25, 0.3) is 0 Å². The zero-order chi connectivity index (χ0) is 16.0. The van der Waals surface area contributed by atoms with Gasteiger partial charge in [-0.25, -0.2) is 9.59 Å². The highest BCUT2D eigenvalue weighted by Crippen LogP contribution is 2.25. The van der Waals surface area contributed by atoms with Crippen LogP contribution < -0.4 is 20.5 Å². The van der Waals surface area contributed by atoms with Crippen molar-refractivity contribution < 1.29 is 28.6 Å². The summed E-state index contributed by atoms with van der Waals surface area (Å²) in [5.41, 5.74) is 4.93. The number of carbonyl (C=O) groups excluding carboxylic acids is 3. The molecule has 0 aromatic heterocycles. The molecule has 0 heterocycles. The molecule has 0 aliphatic rings. The molecule has 3 amide bonds. The molecule has 0 aliphatic heterocycles. The number of imide groups is 1. The number of ether oxygens (including phenoxy) is 3. The van der Waals surface area contributed by atoms with Crippen molar-refractivity contribution >= 4 is 17.9 Å². The third kappa shape index (κ3) is 4.37. The summed E-state index contributed by atoms with van der Waals surface area (Å²) in [5, 5.41) is 1.82. The Morgan fingerprint density at radius 2 is 1.86 bits per heavy atom. The number of benzene rings is 1. The highest BCUT2D eigenvalue weighted by atomic mass is 16.5. The molecule has 0 aliphatic carbocycles. The molecular formula is C13H16N2O6. The summed E-state index contributed by atoms with van der Waals surface area (Å²) >= 11 is 0. The molecule has 114 valence electrons. The Kier molecular flexibility index (Phi) is 5.53. The molecular weight excluding hydrogens is 280 g/mol. The van der Waals surface area contributed by atoms with Gasteiger partial charge in [-0.15, -0.1) is 0 Å². The van der Waals surface area contributed by atoms with Crippen LogP contribution in [-0.4, -0.2) is 38.2 Å². The largest absolute Gasteiger partial charge is 0.497 e. The summed E-state index contributed by atoms with van der Waals surface area (Å²) in [6.45, 7) is 1.31. The monoisotopic (exact) mass is 296 g/mol. The maximum absolute atomic E-state index is 12.0. The smallest absolute Gasteiger partial charge is 0.342 e. The number of carbonyl (C=O) groups is 3. The number of nitrogens with two attached hydrogens (primary N) is 1. The highest BCUT2D eigenvalue weighted by molar-refractivity contribution is 5.98. The molecule has 1 aromatic carbocycles. The van der Waals surface area contributed by atoms with Crippen molar-refractivity contribution in [1.82, 2.24) is 5.32 Å². The van der Waals surface area contributed by atoms with Crippen molar-refractivity contribution in [3.8, 4) is 11.5 Å². The van der Waals surface area contributed by atoms with Crippen LogP contribution in [0.1, 0.15) is 17.3 Å². The number of esters is 1. The summed E-state index contributed by atoms with van der Waals surface area (Å²) in [7, 11) is 2.86. The maximum atomic E-state index is 12.0. The lowest BCUT2D eigenvalue weighted by molar-refractivity contribution is -0.127. The van der Waals surface area contributed by atoms with Crippen LogP contribution in [0.4, 0.5) is 4.79 Å². The van der Waals surface area contributed by atoms with Crippen molar-refractivity contribution in [3.63, 3.8) is 0 Å². The third-order valence-corrected chi connectivity index (χ3v) is 2.53. The number of urea groups is 1. The zero-order valence-corrected chi connectivity index (χ0v) is 11.8. The topological polar surface area (TPSA) is 117 Å². The number of rotatable bonds is 5. The van der Waals surface area contributed by atoms with Crippen LogP contribution in [0.15, 0.2) is 18.2 Å². The second-order valence-corrected chi connectivity index (χ2v) is 3.97. The SMILES string of the molecule is COc1ccc(C(=O)OC(C)C(=O)NC(N)=O)c(OC)c1.